The normalized spacial score (nSPS) is 13.1. The highest BCUT2D eigenvalue weighted by Crippen LogP contribution is 2.44. The fourth-order valence-corrected chi connectivity index (χ4v) is 6.12. The molecule has 1 aromatic heterocycles. The molecule has 0 aliphatic heterocycles. The van der Waals surface area contributed by atoms with E-state index in [2.05, 4.69) is 10.3 Å². The van der Waals surface area contributed by atoms with Crippen molar-refractivity contribution in [2.75, 3.05) is 80.1 Å². The Balaban J connectivity index is 1.31. The summed E-state index contributed by atoms with van der Waals surface area (Å²) in [6, 6.07) is 3.54. The lowest BCUT2D eigenvalue weighted by molar-refractivity contribution is -0.394. The largest absolute Gasteiger partial charge is 0.481 e. The molecule has 0 spiro atoms. The van der Waals surface area contributed by atoms with Gasteiger partial charge in [0.2, 0.25) is 0 Å². The molecule has 1 unspecified atom stereocenters. The zero-order valence-corrected chi connectivity index (χ0v) is 32.2. The number of rotatable bonds is 37. The number of carboxylic acids is 1. The SMILES string of the molecule is CCC[C@H](CP(=O)(O)OCCCCCc1cn(COCCOCOCOCOCOCOCOCOCCCc2ccc([N+](=O)[O-])cc2[N+](=O)[O-])nn1)C(=O)O. The molecule has 318 valence electrons. The van der Waals surface area contributed by atoms with Gasteiger partial charge in [-0.25, -0.2) is 4.68 Å². The third-order valence-corrected chi connectivity index (χ3v) is 8.86. The molecule has 0 bridgehead atoms. The highest BCUT2D eigenvalue weighted by molar-refractivity contribution is 7.52. The molecule has 0 aliphatic rings. The fourth-order valence-electron chi connectivity index (χ4n) is 4.70. The van der Waals surface area contributed by atoms with Crippen molar-refractivity contribution in [1.29, 1.82) is 0 Å². The summed E-state index contributed by atoms with van der Waals surface area (Å²) in [7, 11) is -3.95. The van der Waals surface area contributed by atoms with E-state index in [0.29, 0.717) is 50.7 Å². The van der Waals surface area contributed by atoms with E-state index >= 15 is 0 Å². The summed E-state index contributed by atoms with van der Waals surface area (Å²) in [6.07, 6.45) is 5.79. The Kier molecular flexibility index (Phi) is 25.7. The summed E-state index contributed by atoms with van der Waals surface area (Å²) < 4.78 is 65.6. The Hall–Kier alpha value is -3.58. The maximum absolute atomic E-state index is 12.2. The first-order valence-electron chi connectivity index (χ1n) is 17.7. The summed E-state index contributed by atoms with van der Waals surface area (Å²) in [5.74, 6) is -1.98. The third kappa shape index (κ3) is 22.8. The maximum Gasteiger partial charge on any atom is 0.328 e. The van der Waals surface area contributed by atoms with E-state index in [9.17, 15) is 39.6 Å². The number of nitro benzene ring substituents is 2. The Morgan fingerprint density at radius 2 is 1.41 bits per heavy atom. The molecule has 2 N–H and O–H groups in total. The molecule has 0 fully saturated rings. The van der Waals surface area contributed by atoms with Gasteiger partial charge in [0.1, 0.15) is 20.3 Å². The second kappa shape index (κ2) is 29.6. The number of nitrogens with zero attached hydrogens (tertiary/aromatic N) is 5. The highest BCUT2D eigenvalue weighted by atomic mass is 31.2. The van der Waals surface area contributed by atoms with Crippen LogP contribution >= 0.6 is 7.60 Å². The number of aromatic nitrogens is 3. The van der Waals surface area contributed by atoms with Crippen LogP contribution in [0.25, 0.3) is 0 Å². The van der Waals surface area contributed by atoms with E-state index in [1.54, 1.807) is 10.9 Å². The monoisotopic (exact) mass is 825 g/mol. The highest BCUT2D eigenvalue weighted by Gasteiger charge is 2.29. The number of non-ortho nitro benzene ring substituents is 1. The number of hydrogen-bond acceptors (Lipinski definition) is 18. The van der Waals surface area contributed by atoms with Crippen LogP contribution in [0.15, 0.2) is 24.4 Å². The quantitative estimate of drug-likeness (QED) is 0.0320. The Bertz CT molecular complexity index is 1450. The molecule has 24 heteroatoms. The molecule has 0 amide bonds. The van der Waals surface area contributed by atoms with E-state index in [-0.39, 0.29) is 91.6 Å². The minimum Gasteiger partial charge on any atom is -0.481 e. The van der Waals surface area contributed by atoms with Gasteiger partial charge in [-0.2, -0.15) is 0 Å². The first-order valence-corrected chi connectivity index (χ1v) is 19.5. The van der Waals surface area contributed by atoms with Gasteiger partial charge in [0.15, 0.2) is 34.0 Å². The zero-order valence-electron chi connectivity index (χ0n) is 31.3. The molecular weight excluding hydrogens is 773 g/mol. The molecule has 2 atom stereocenters. The number of carboxylic acid groups (broad SMARTS) is 1. The van der Waals surface area contributed by atoms with Gasteiger partial charge in [0.05, 0.1) is 59.7 Å². The predicted molar refractivity (Wildman–Crippen MR) is 191 cm³/mol. The summed E-state index contributed by atoms with van der Waals surface area (Å²) in [6.45, 7) is 2.34. The van der Waals surface area contributed by atoms with E-state index in [4.69, 9.17) is 47.2 Å². The molecule has 2 rings (SSSR count). The number of aryl methyl sites for hydroxylation is 2. The van der Waals surface area contributed by atoms with E-state index < -0.39 is 29.3 Å². The number of nitro groups is 2. The van der Waals surface area contributed by atoms with Gasteiger partial charge in [-0.3, -0.25) is 29.6 Å². The predicted octanol–water partition coefficient (Wildman–Crippen LogP) is 3.95. The summed E-state index contributed by atoms with van der Waals surface area (Å²) >= 11 is 0. The number of hydrogen-bond donors (Lipinski definition) is 2. The van der Waals surface area contributed by atoms with Crippen molar-refractivity contribution in [1.82, 2.24) is 15.0 Å². The summed E-state index contributed by atoms with van der Waals surface area (Å²) in [5.41, 5.74) is 0.510. The van der Waals surface area contributed by atoms with Crippen LogP contribution in [-0.4, -0.2) is 121 Å². The zero-order chi connectivity index (χ0) is 40.9. The van der Waals surface area contributed by atoms with Crippen molar-refractivity contribution < 1.29 is 76.4 Å². The van der Waals surface area contributed by atoms with Crippen LogP contribution in [-0.2, 0) is 76.1 Å². The molecule has 0 saturated carbocycles. The van der Waals surface area contributed by atoms with Crippen LogP contribution in [0.5, 0.6) is 0 Å². The van der Waals surface area contributed by atoms with Crippen molar-refractivity contribution in [3.8, 4) is 0 Å². The lowest BCUT2D eigenvalue weighted by Crippen LogP contribution is -2.18. The minimum absolute atomic E-state index is 0.0180. The van der Waals surface area contributed by atoms with Crippen LogP contribution in [0.3, 0.4) is 0 Å². The van der Waals surface area contributed by atoms with Crippen LogP contribution < -0.4 is 0 Å². The second-order valence-electron chi connectivity index (χ2n) is 11.9. The van der Waals surface area contributed by atoms with E-state index in [0.717, 1.165) is 24.6 Å². The van der Waals surface area contributed by atoms with Gasteiger partial charge >= 0.3 is 13.6 Å². The number of ether oxygens (including phenoxy) is 9. The van der Waals surface area contributed by atoms with Crippen molar-refractivity contribution in [2.24, 2.45) is 5.92 Å². The van der Waals surface area contributed by atoms with Crippen molar-refractivity contribution in [3.05, 3.63) is 55.9 Å². The molecule has 56 heavy (non-hydrogen) atoms. The van der Waals surface area contributed by atoms with Gasteiger partial charge in [-0.05, 0) is 44.6 Å². The van der Waals surface area contributed by atoms with E-state index in [1.165, 1.54) is 12.1 Å². The lowest BCUT2D eigenvalue weighted by atomic mass is 10.1. The summed E-state index contributed by atoms with van der Waals surface area (Å²) in [5, 5.41) is 39.3. The van der Waals surface area contributed by atoms with Gasteiger partial charge in [-0.1, -0.05) is 25.0 Å². The number of carbonyl (C=O) groups is 1. The Morgan fingerprint density at radius 1 is 0.804 bits per heavy atom. The van der Waals surface area contributed by atoms with Crippen LogP contribution in [0, 0.1) is 26.1 Å². The topological polar surface area (TPSA) is 284 Å². The molecule has 23 nitrogen and oxygen atoms in total. The fraction of sp³-hybridized carbons (Fsp3) is 0.719. The Morgan fingerprint density at radius 3 is 2.00 bits per heavy atom. The van der Waals surface area contributed by atoms with E-state index in [1.807, 2.05) is 6.92 Å². The van der Waals surface area contributed by atoms with Crippen LogP contribution in [0.1, 0.15) is 56.7 Å². The first kappa shape index (κ1) is 48.6. The van der Waals surface area contributed by atoms with Gasteiger partial charge < -0.3 is 57.2 Å². The van der Waals surface area contributed by atoms with Gasteiger partial charge in [-0.15, -0.1) is 5.10 Å². The Labute approximate surface area is 323 Å². The maximum atomic E-state index is 12.2. The molecule has 1 heterocycles. The average molecular weight is 826 g/mol. The van der Waals surface area contributed by atoms with Crippen molar-refractivity contribution >= 4 is 24.9 Å². The average Bonchev–Trinajstić information content (AvgIpc) is 3.62. The standard InChI is InChI=1S/C32H52N5O18P/c1-2-7-28(32(38)39)18-56(44,45)55-13-5-3-4-9-29-17-35(34-33-29)19-46-14-15-48-21-50-23-52-25-54-26-53-24-51-22-49-20-47-12-6-8-27-10-11-30(36(40)41)16-31(27)37(42)43/h10-11,16-17,28H,2-9,12-15,18-26H2,1H3,(H,38,39)(H,44,45)/t28-/m1/s1. The number of benzene rings is 1. The minimum atomic E-state index is -3.95. The smallest absolute Gasteiger partial charge is 0.328 e. The molecule has 0 saturated heterocycles. The van der Waals surface area contributed by atoms with Crippen molar-refractivity contribution in [2.45, 2.75) is 65.0 Å². The van der Waals surface area contributed by atoms with Crippen LogP contribution in [0.2, 0.25) is 0 Å². The van der Waals surface area contributed by atoms with Gasteiger partial charge in [0, 0.05) is 18.2 Å². The number of aliphatic carboxylic acids is 1. The number of unbranched alkanes of at least 4 members (excludes halogenated alkanes) is 2. The van der Waals surface area contributed by atoms with Crippen molar-refractivity contribution in [3.63, 3.8) is 0 Å². The van der Waals surface area contributed by atoms with Gasteiger partial charge in [0.25, 0.3) is 11.4 Å². The lowest BCUT2D eigenvalue weighted by Gasteiger charge is -2.16. The molecular formula is C32H52N5O18P. The first-order chi connectivity index (χ1) is 27.0. The molecule has 2 aromatic rings. The van der Waals surface area contributed by atoms with Crippen LogP contribution in [0.4, 0.5) is 11.4 Å². The molecule has 0 aliphatic carbocycles. The molecule has 0 radical (unpaired) electrons. The molecule has 1 aromatic carbocycles. The summed E-state index contributed by atoms with van der Waals surface area (Å²) in [4.78, 5) is 41.8. The second-order valence-corrected chi connectivity index (χ2v) is 13.8. The third-order valence-electron chi connectivity index (χ3n) is 7.37.